The van der Waals surface area contributed by atoms with Gasteiger partial charge < -0.3 is 18.8 Å². The number of methoxy groups -OCH3 is 1. The van der Waals surface area contributed by atoms with Crippen LogP contribution in [0.25, 0.3) is 22.4 Å². The number of hydrogen-bond acceptors (Lipinski definition) is 9. The van der Waals surface area contributed by atoms with Gasteiger partial charge in [0.1, 0.15) is 17.0 Å². The Hall–Kier alpha value is -3.94. The molecule has 0 unspecified atom stereocenters. The number of anilines is 1. The van der Waals surface area contributed by atoms with Gasteiger partial charge in [0.15, 0.2) is 10.9 Å². The van der Waals surface area contributed by atoms with Crippen LogP contribution in [0.4, 0.5) is 9.93 Å². The zero-order valence-electron chi connectivity index (χ0n) is 21.2. The summed E-state index contributed by atoms with van der Waals surface area (Å²) in [5.74, 6) is 0.862. The highest BCUT2D eigenvalue weighted by Gasteiger charge is 2.30. The van der Waals surface area contributed by atoms with Crippen LogP contribution in [0, 0.1) is 0 Å². The van der Waals surface area contributed by atoms with Gasteiger partial charge in [0, 0.05) is 42.5 Å². The van der Waals surface area contributed by atoms with Gasteiger partial charge in [-0.05, 0) is 55.5 Å². The molecule has 204 valence electrons. The number of amides is 2. The zero-order chi connectivity index (χ0) is 27.6. The summed E-state index contributed by atoms with van der Waals surface area (Å²) in [5, 5.41) is 5.78. The highest BCUT2D eigenvalue weighted by atomic mass is 32.2. The average Bonchev–Trinajstić information content (AvgIpc) is 3.60. The Morgan fingerprint density at radius 2 is 1.82 bits per heavy atom. The van der Waals surface area contributed by atoms with Gasteiger partial charge >= 0.3 is 6.09 Å². The number of nitrogens with zero attached hydrogens (tertiary/aromatic N) is 3. The van der Waals surface area contributed by atoms with Gasteiger partial charge in [-0.1, -0.05) is 0 Å². The molecule has 1 saturated heterocycles. The van der Waals surface area contributed by atoms with Crippen molar-refractivity contribution in [3.63, 3.8) is 0 Å². The van der Waals surface area contributed by atoms with Crippen LogP contribution in [0.3, 0.4) is 0 Å². The van der Waals surface area contributed by atoms with E-state index in [1.807, 2.05) is 24.3 Å². The highest BCUT2D eigenvalue weighted by Crippen LogP contribution is 2.32. The molecule has 2 aromatic carbocycles. The van der Waals surface area contributed by atoms with Crippen molar-refractivity contribution in [1.82, 2.24) is 14.2 Å². The van der Waals surface area contributed by atoms with E-state index in [2.05, 4.69) is 10.3 Å². The van der Waals surface area contributed by atoms with E-state index in [0.717, 1.165) is 11.1 Å². The summed E-state index contributed by atoms with van der Waals surface area (Å²) in [6.07, 6.45) is -0.449. The van der Waals surface area contributed by atoms with Gasteiger partial charge in [0.05, 0.1) is 18.6 Å². The standard InChI is InChI=1S/C26H26N4O7S2/c1-3-36-26(32)29-10-12-30(13-11-29)39(33,34)20-7-4-17(5-8-20)24(31)28-25-27-21(16-38-25)23-15-18-14-19(35-2)6-9-22(18)37-23/h4-9,14-16H,3,10-13H2,1-2H3,(H,27,28,31). The summed E-state index contributed by atoms with van der Waals surface area (Å²) in [5.41, 5.74) is 1.56. The number of carbonyl (C=O) groups is 2. The number of carbonyl (C=O) groups excluding carboxylic acids is 2. The molecule has 13 heteroatoms. The van der Waals surface area contributed by atoms with Crippen LogP contribution in [0.5, 0.6) is 5.75 Å². The first-order valence-corrected chi connectivity index (χ1v) is 14.5. The van der Waals surface area contributed by atoms with Crippen molar-refractivity contribution in [1.29, 1.82) is 0 Å². The molecule has 0 atom stereocenters. The number of rotatable bonds is 7. The van der Waals surface area contributed by atoms with Crippen molar-refractivity contribution < 1.29 is 31.9 Å². The van der Waals surface area contributed by atoms with Crippen molar-refractivity contribution in [3.8, 4) is 17.2 Å². The monoisotopic (exact) mass is 570 g/mol. The smallest absolute Gasteiger partial charge is 0.409 e. The number of piperazine rings is 1. The number of furan rings is 1. The summed E-state index contributed by atoms with van der Waals surface area (Å²) in [6.45, 7) is 2.80. The number of nitrogens with one attached hydrogen (secondary N) is 1. The normalized spacial score (nSPS) is 14.4. The fraction of sp³-hybridized carbons (Fsp3) is 0.269. The Kier molecular flexibility index (Phi) is 7.55. The van der Waals surface area contributed by atoms with E-state index in [9.17, 15) is 18.0 Å². The lowest BCUT2D eigenvalue weighted by Gasteiger charge is -2.33. The molecule has 11 nitrogen and oxygen atoms in total. The van der Waals surface area contributed by atoms with E-state index in [1.165, 1.54) is 44.8 Å². The minimum atomic E-state index is -3.77. The number of aromatic nitrogens is 1. The molecule has 3 heterocycles. The van der Waals surface area contributed by atoms with Gasteiger partial charge in [-0.25, -0.2) is 18.2 Å². The molecule has 39 heavy (non-hydrogen) atoms. The zero-order valence-corrected chi connectivity index (χ0v) is 22.9. The van der Waals surface area contributed by atoms with Crippen LogP contribution in [-0.2, 0) is 14.8 Å². The minimum absolute atomic E-state index is 0.0710. The molecule has 1 fully saturated rings. The molecule has 0 radical (unpaired) electrons. The maximum atomic E-state index is 13.1. The first-order valence-electron chi connectivity index (χ1n) is 12.1. The third-order valence-corrected chi connectivity index (χ3v) is 8.89. The second-order valence-corrected chi connectivity index (χ2v) is 11.4. The van der Waals surface area contributed by atoms with E-state index >= 15 is 0 Å². The maximum absolute atomic E-state index is 13.1. The Balaban J connectivity index is 1.22. The average molecular weight is 571 g/mol. The van der Waals surface area contributed by atoms with Gasteiger partial charge in [0.2, 0.25) is 10.0 Å². The van der Waals surface area contributed by atoms with Crippen molar-refractivity contribution in [3.05, 3.63) is 59.5 Å². The second kappa shape index (κ2) is 11.0. The van der Waals surface area contributed by atoms with Crippen molar-refractivity contribution in [2.75, 3.05) is 45.2 Å². The lowest BCUT2D eigenvalue weighted by atomic mass is 10.2. The summed E-state index contributed by atoms with van der Waals surface area (Å²) in [7, 11) is -2.18. The van der Waals surface area contributed by atoms with Gasteiger partial charge in [-0.3, -0.25) is 10.1 Å². The van der Waals surface area contributed by atoms with Crippen LogP contribution in [0.15, 0.2) is 63.2 Å². The molecule has 0 spiro atoms. The molecule has 4 aromatic rings. The lowest BCUT2D eigenvalue weighted by molar-refractivity contribution is 0.0933. The first-order chi connectivity index (χ1) is 18.8. The van der Waals surface area contributed by atoms with Crippen molar-refractivity contribution in [2.45, 2.75) is 11.8 Å². The van der Waals surface area contributed by atoms with E-state index in [-0.39, 0.29) is 43.2 Å². The van der Waals surface area contributed by atoms with Crippen LogP contribution >= 0.6 is 11.3 Å². The number of fused-ring (bicyclic) bond motifs is 1. The topological polar surface area (TPSA) is 131 Å². The molecule has 5 rings (SSSR count). The largest absolute Gasteiger partial charge is 0.497 e. The third-order valence-electron chi connectivity index (χ3n) is 6.22. The summed E-state index contributed by atoms with van der Waals surface area (Å²) < 4.78 is 43.5. The Morgan fingerprint density at radius 3 is 2.51 bits per heavy atom. The van der Waals surface area contributed by atoms with Crippen molar-refractivity contribution >= 4 is 49.5 Å². The molecule has 0 aliphatic carbocycles. The quantitative estimate of drug-likeness (QED) is 0.348. The molecule has 1 N–H and O–H groups in total. The molecule has 2 aromatic heterocycles. The van der Waals surface area contributed by atoms with Crippen LogP contribution < -0.4 is 10.1 Å². The predicted molar refractivity (Wildman–Crippen MR) is 146 cm³/mol. The Labute approximate surface area is 229 Å². The van der Waals surface area contributed by atoms with Crippen molar-refractivity contribution in [2.24, 2.45) is 0 Å². The van der Waals surface area contributed by atoms with E-state index in [0.29, 0.717) is 22.2 Å². The summed E-state index contributed by atoms with van der Waals surface area (Å²) in [6, 6.07) is 13.1. The molecular formula is C26H26N4O7S2. The fourth-order valence-electron chi connectivity index (χ4n) is 4.14. The molecule has 2 amide bonds. The van der Waals surface area contributed by atoms with E-state index < -0.39 is 22.0 Å². The maximum Gasteiger partial charge on any atom is 0.409 e. The van der Waals surface area contributed by atoms with Crippen LogP contribution in [0.1, 0.15) is 17.3 Å². The minimum Gasteiger partial charge on any atom is -0.497 e. The summed E-state index contributed by atoms with van der Waals surface area (Å²) >= 11 is 1.25. The molecule has 1 aliphatic heterocycles. The SMILES string of the molecule is CCOC(=O)N1CCN(S(=O)(=O)c2ccc(C(=O)Nc3nc(-c4cc5cc(OC)ccc5o4)cs3)cc2)CC1. The fourth-order valence-corrected chi connectivity index (χ4v) is 6.26. The predicted octanol–water partition coefficient (Wildman–Crippen LogP) is 4.28. The summed E-state index contributed by atoms with van der Waals surface area (Å²) in [4.78, 5) is 30.7. The Bertz CT molecular complexity index is 1600. The number of thiazole rings is 1. The van der Waals surface area contributed by atoms with Crippen LogP contribution in [0.2, 0.25) is 0 Å². The highest BCUT2D eigenvalue weighted by molar-refractivity contribution is 7.89. The number of benzene rings is 2. The van der Waals surface area contributed by atoms with Crippen LogP contribution in [-0.4, -0.2) is 74.5 Å². The number of ether oxygens (including phenoxy) is 2. The molecule has 0 saturated carbocycles. The Morgan fingerprint density at radius 1 is 1.08 bits per heavy atom. The van der Waals surface area contributed by atoms with E-state index in [4.69, 9.17) is 13.9 Å². The second-order valence-electron chi connectivity index (χ2n) is 8.62. The van der Waals surface area contributed by atoms with Gasteiger partial charge in [0.25, 0.3) is 5.91 Å². The molecule has 1 aliphatic rings. The molecule has 0 bridgehead atoms. The van der Waals surface area contributed by atoms with Gasteiger partial charge in [-0.15, -0.1) is 11.3 Å². The van der Waals surface area contributed by atoms with E-state index in [1.54, 1.807) is 19.4 Å². The third kappa shape index (κ3) is 5.60. The number of hydrogen-bond donors (Lipinski definition) is 1. The van der Waals surface area contributed by atoms with Gasteiger partial charge in [-0.2, -0.15) is 4.31 Å². The lowest BCUT2D eigenvalue weighted by Crippen LogP contribution is -2.50. The number of sulfonamides is 1. The molecular weight excluding hydrogens is 544 g/mol. The first kappa shape index (κ1) is 26.7.